The predicted octanol–water partition coefficient (Wildman–Crippen LogP) is 4.35. The van der Waals surface area contributed by atoms with Crippen LogP contribution in [-0.2, 0) is 12.8 Å². The standard InChI is InChI=1S/C15H15BrN2OS/c1-9-6-7-11(16)10(8-9)14(19)18-15-17-12-4-2-3-5-13(12)20-15/h6-8H,2-5H2,1H3,(H,17,18,19). The summed E-state index contributed by atoms with van der Waals surface area (Å²) < 4.78 is 0.807. The van der Waals surface area contributed by atoms with E-state index in [0.29, 0.717) is 5.56 Å². The Kier molecular flexibility index (Phi) is 3.89. The lowest BCUT2D eigenvalue weighted by molar-refractivity contribution is 0.102. The van der Waals surface area contributed by atoms with Crippen molar-refractivity contribution >= 4 is 38.3 Å². The molecule has 0 aliphatic heterocycles. The van der Waals surface area contributed by atoms with Crippen LogP contribution < -0.4 is 5.32 Å². The summed E-state index contributed by atoms with van der Waals surface area (Å²) in [6.45, 7) is 1.98. The normalized spacial score (nSPS) is 13.9. The number of fused-ring (bicyclic) bond motifs is 1. The number of hydrogen-bond donors (Lipinski definition) is 1. The number of nitrogens with zero attached hydrogens (tertiary/aromatic N) is 1. The third-order valence-corrected chi connectivity index (χ3v) is 5.20. The lowest BCUT2D eigenvalue weighted by Crippen LogP contribution is -2.12. The highest BCUT2D eigenvalue weighted by Gasteiger charge is 2.17. The molecule has 1 N–H and O–H groups in total. The van der Waals surface area contributed by atoms with Gasteiger partial charge >= 0.3 is 0 Å². The number of hydrogen-bond acceptors (Lipinski definition) is 3. The summed E-state index contributed by atoms with van der Waals surface area (Å²) in [5, 5.41) is 3.64. The Balaban J connectivity index is 1.82. The molecule has 2 aromatic rings. The van der Waals surface area contributed by atoms with Gasteiger partial charge in [0.15, 0.2) is 5.13 Å². The first kappa shape index (κ1) is 13.8. The second-order valence-corrected chi connectivity index (χ2v) is 6.97. The second-order valence-electron chi connectivity index (χ2n) is 5.03. The molecule has 1 aliphatic carbocycles. The molecule has 0 spiro atoms. The zero-order chi connectivity index (χ0) is 14.1. The van der Waals surface area contributed by atoms with Gasteiger partial charge in [-0.3, -0.25) is 10.1 Å². The number of carbonyl (C=O) groups is 1. The Morgan fingerprint density at radius 3 is 2.95 bits per heavy atom. The fourth-order valence-corrected chi connectivity index (χ4v) is 3.85. The summed E-state index contributed by atoms with van der Waals surface area (Å²) in [6, 6.07) is 5.76. The van der Waals surface area contributed by atoms with Gasteiger partial charge in [-0.25, -0.2) is 4.98 Å². The number of carbonyl (C=O) groups excluding carboxylic acids is 1. The summed E-state index contributed by atoms with van der Waals surface area (Å²) in [5.41, 5.74) is 2.88. The average Bonchev–Trinajstić information content (AvgIpc) is 2.83. The quantitative estimate of drug-likeness (QED) is 0.874. The molecule has 1 aliphatic rings. The molecule has 20 heavy (non-hydrogen) atoms. The van der Waals surface area contributed by atoms with Crippen molar-refractivity contribution in [3.8, 4) is 0 Å². The Bertz CT molecular complexity index is 642. The van der Waals surface area contributed by atoms with Crippen LogP contribution in [-0.4, -0.2) is 10.9 Å². The number of rotatable bonds is 2. The van der Waals surface area contributed by atoms with E-state index in [-0.39, 0.29) is 5.91 Å². The smallest absolute Gasteiger partial charge is 0.258 e. The molecular formula is C15H15BrN2OS. The molecule has 104 valence electrons. The van der Waals surface area contributed by atoms with E-state index in [2.05, 4.69) is 26.2 Å². The first-order chi connectivity index (χ1) is 9.63. The van der Waals surface area contributed by atoms with Crippen molar-refractivity contribution in [1.82, 2.24) is 4.98 Å². The Morgan fingerprint density at radius 2 is 2.15 bits per heavy atom. The van der Waals surface area contributed by atoms with Gasteiger partial charge in [-0.15, -0.1) is 11.3 Å². The summed E-state index contributed by atoms with van der Waals surface area (Å²) in [5.74, 6) is -0.105. The molecule has 3 rings (SSSR count). The minimum Gasteiger partial charge on any atom is -0.298 e. The fraction of sp³-hybridized carbons (Fsp3) is 0.333. The third kappa shape index (κ3) is 2.79. The summed E-state index contributed by atoms with van der Waals surface area (Å²) in [6.07, 6.45) is 4.56. The number of aromatic nitrogens is 1. The second kappa shape index (κ2) is 5.66. The summed E-state index contributed by atoms with van der Waals surface area (Å²) in [4.78, 5) is 18.2. The van der Waals surface area contributed by atoms with Gasteiger partial charge in [0.1, 0.15) is 0 Å². The van der Waals surface area contributed by atoms with Crippen LogP contribution in [0.3, 0.4) is 0 Å². The maximum absolute atomic E-state index is 12.3. The van der Waals surface area contributed by atoms with Crippen LogP contribution in [0.15, 0.2) is 22.7 Å². The molecule has 3 nitrogen and oxygen atoms in total. The predicted molar refractivity (Wildman–Crippen MR) is 85.6 cm³/mol. The lowest BCUT2D eigenvalue weighted by atomic mass is 10.0. The van der Waals surface area contributed by atoms with Crippen LogP contribution >= 0.6 is 27.3 Å². The molecular weight excluding hydrogens is 336 g/mol. The largest absolute Gasteiger partial charge is 0.298 e. The monoisotopic (exact) mass is 350 g/mol. The maximum atomic E-state index is 12.3. The van der Waals surface area contributed by atoms with Crippen LogP contribution in [0.5, 0.6) is 0 Å². The molecule has 0 radical (unpaired) electrons. The molecule has 1 heterocycles. The molecule has 1 aromatic carbocycles. The Labute approximate surface area is 130 Å². The molecule has 0 atom stereocenters. The van der Waals surface area contributed by atoms with Gasteiger partial charge < -0.3 is 0 Å². The first-order valence-corrected chi connectivity index (χ1v) is 8.30. The van der Waals surface area contributed by atoms with Crippen molar-refractivity contribution in [2.75, 3.05) is 5.32 Å². The Morgan fingerprint density at radius 1 is 1.35 bits per heavy atom. The van der Waals surface area contributed by atoms with Gasteiger partial charge in [0.2, 0.25) is 0 Å². The number of thiazole rings is 1. The van der Waals surface area contributed by atoms with E-state index in [4.69, 9.17) is 0 Å². The van der Waals surface area contributed by atoms with E-state index in [9.17, 15) is 4.79 Å². The third-order valence-electron chi connectivity index (χ3n) is 3.43. The van der Waals surface area contributed by atoms with Crippen LogP contribution in [0.2, 0.25) is 0 Å². The van der Waals surface area contributed by atoms with Gasteiger partial charge in [-0.1, -0.05) is 11.6 Å². The van der Waals surface area contributed by atoms with Crippen LogP contribution in [0.25, 0.3) is 0 Å². The van der Waals surface area contributed by atoms with Crippen molar-refractivity contribution in [2.24, 2.45) is 0 Å². The lowest BCUT2D eigenvalue weighted by Gasteiger charge is -2.06. The van der Waals surface area contributed by atoms with Crippen molar-refractivity contribution in [3.63, 3.8) is 0 Å². The van der Waals surface area contributed by atoms with Gasteiger partial charge in [0.05, 0.1) is 11.3 Å². The van der Waals surface area contributed by atoms with Crippen LogP contribution in [0.1, 0.15) is 39.3 Å². The minimum absolute atomic E-state index is 0.105. The van der Waals surface area contributed by atoms with Gasteiger partial charge in [0.25, 0.3) is 5.91 Å². The molecule has 0 bridgehead atoms. The van der Waals surface area contributed by atoms with E-state index in [1.165, 1.54) is 23.4 Å². The van der Waals surface area contributed by atoms with Gasteiger partial charge in [-0.05, 0) is 60.7 Å². The fourth-order valence-electron chi connectivity index (χ4n) is 2.38. The van der Waals surface area contributed by atoms with Crippen molar-refractivity contribution < 1.29 is 4.79 Å². The molecule has 0 fully saturated rings. The van der Waals surface area contributed by atoms with E-state index in [1.54, 1.807) is 11.3 Å². The number of anilines is 1. The van der Waals surface area contributed by atoms with Crippen LogP contribution in [0.4, 0.5) is 5.13 Å². The van der Waals surface area contributed by atoms with Crippen LogP contribution in [0, 0.1) is 6.92 Å². The summed E-state index contributed by atoms with van der Waals surface area (Å²) in [7, 11) is 0. The van der Waals surface area contributed by atoms with E-state index < -0.39 is 0 Å². The molecule has 5 heteroatoms. The average molecular weight is 351 g/mol. The zero-order valence-corrected chi connectivity index (χ0v) is 13.6. The number of halogens is 1. The zero-order valence-electron chi connectivity index (χ0n) is 11.2. The highest BCUT2D eigenvalue weighted by molar-refractivity contribution is 9.10. The highest BCUT2D eigenvalue weighted by atomic mass is 79.9. The minimum atomic E-state index is -0.105. The van der Waals surface area contributed by atoms with Crippen molar-refractivity contribution in [2.45, 2.75) is 32.6 Å². The van der Waals surface area contributed by atoms with Gasteiger partial charge in [0, 0.05) is 9.35 Å². The molecule has 1 aromatic heterocycles. The number of nitrogens with one attached hydrogen (secondary N) is 1. The van der Waals surface area contributed by atoms with E-state index >= 15 is 0 Å². The molecule has 0 saturated heterocycles. The maximum Gasteiger partial charge on any atom is 0.258 e. The molecule has 1 amide bonds. The van der Waals surface area contributed by atoms with Crippen molar-refractivity contribution in [3.05, 3.63) is 44.4 Å². The van der Waals surface area contributed by atoms with E-state index in [1.807, 2.05) is 25.1 Å². The number of amides is 1. The SMILES string of the molecule is Cc1ccc(Br)c(C(=O)Nc2nc3c(s2)CCCC3)c1. The highest BCUT2D eigenvalue weighted by Crippen LogP contribution is 2.30. The molecule has 0 unspecified atom stereocenters. The molecule has 0 saturated carbocycles. The first-order valence-electron chi connectivity index (χ1n) is 6.69. The number of benzene rings is 1. The number of aryl methyl sites for hydroxylation is 3. The Hall–Kier alpha value is -1.20. The summed E-state index contributed by atoms with van der Waals surface area (Å²) >= 11 is 5.03. The van der Waals surface area contributed by atoms with Gasteiger partial charge in [-0.2, -0.15) is 0 Å². The topological polar surface area (TPSA) is 42.0 Å². The van der Waals surface area contributed by atoms with E-state index in [0.717, 1.165) is 28.0 Å². The van der Waals surface area contributed by atoms with Crippen molar-refractivity contribution in [1.29, 1.82) is 0 Å².